The van der Waals surface area contributed by atoms with Crippen LogP contribution in [0.25, 0.3) is 0 Å². The first-order chi connectivity index (χ1) is 19.6. The maximum atomic E-state index is 2.58. The topological polar surface area (TPSA) is 0 Å². The first-order valence-corrected chi connectivity index (χ1v) is 23.9. The van der Waals surface area contributed by atoms with Gasteiger partial charge >= 0.3 is 257 Å². The molecule has 218 valence electrons. The molecule has 0 heterocycles. The van der Waals surface area contributed by atoms with Crippen LogP contribution in [0.15, 0.2) is 72.8 Å². The Bertz CT molecular complexity index is 971. The molecule has 0 nitrogen and oxygen atoms in total. The van der Waals surface area contributed by atoms with Crippen molar-refractivity contribution in [2.24, 2.45) is 0 Å². The molecule has 0 fully saturated rings. The Hall–Kier alpha value is -0.492. The van der Waals surface area contributed by atoms with E-state index in [1.165, 1.54) is 75.5 Å². The van der Waals surface area contributed by atoms with Crippen LogP contribution in [0.4, 0.5) is 0 Å². The Balaban J connectivity index is 2.36. The standard InChI is InChI=1S/C36H54AsP3/c1-7-25-38(26-8-2)34-22-16-13-19-31(34)37(32-20-14-17-23-35(32)39(27-9-3)28-10-4)33-21-15-18-24-36(33)40(29-11-5)30-12-6/h13-24H,7-12,25-30H2,1-6H3. The summed E-state index contributed by atoms with van der Waals surface area (Å²) in [6.45, 7) is 14.3. The van der Waals surface area contributed by atoms with Gasteiger partial charge in [0, 0.05) is 0 Å². The van der Waals surface area contributed by atoms with Crippen LogP contribution in [-0.2, 0) is 0 Å². The fourth-order valence-electron chi connectivity index (χ4n) is 5.83. The van der Waals surface area contributed by atoms with E-state index in [-0.39, 0.29) is 23.8 Å². The second-order valence-electron chi connectivity index (χ2n) is 10.8. The van der Waals surface area contributed by atoms with Crippen LogP contribution in [0.3, 0.4) is 0 Å². The normalized spacial score (nSPS) is 11.8. The number of hydrogen-bond donors (Lipinski definition) is 0. The predicted molar refractivity (Wildman–Crippen MR) is 195 cm³/mol. The van der Waals surface area contributed by atoms with Crippen LogP contribution >= 0.6 is 23.8 Å². The molecule has 0 saturated heterocycles. The van der Waals surface area contributed by atoms with Crippen molar-refractivity contribution in [1.82, 2.24) is 0 Å². The molecule has 0 aromatic heterocycles. The maximum absolute atomic E-state index is 2.58. The molecule has 3 aromatic rings. The van der Waals surface area contributed by atoms with Gasteiger partial charge in [0.25, 0.3) is 0 Å². The SMILES string of the molecule is CCCP(CCC)c1ccccc1[As](c1ccccc1P(CCC)CCC)c1ccccc1P(CCC)CCC. The molecule has 0 atom stereocenters. The molecule has 0 radical (unpaired) electrons. The average Bonchev–Trinajstić information content (AvgIpc) is 2.98. The summed E-state index contributed by atoms with van der Waals surface area (Å²) in [5, 5.41) is 5.20. The van der Waals surface area contributed by atoms with Crippen molar-refractivity contribution in [3.63, 3.8) is 0 Å². The van der Waals surface area contributed by atoms with E-state index in [0.29, 0.717) is 0 Å². The van der Waals surface area contributed by atoms with E-state index >= 15 is 0 Å². The molecule has 3 rings (SSSR count). The van der Waals surface area contributed by atoms with Crippen molar-refractivity contribution in [3.05, 3.63) is 72.8 Å². The van der Waals surface area contributed by atoms with Gasteiger partial charge in [0.05, 0.1) is 0 Å². The fourth-order valence-corrected chi connectivity index (χ4v) is 22.5. The summed E-state index contributed by atoms with van der Waals surface area (Å²) in [4.78, 5) is 0. The molecule has 0 aliphatic carbocycles. The first-order valence-electron chi connectivity index (χ1n) is 16.0. The molecule has 0 bridgehead atoms. The minimum absolute atomic E-state index is 0.120. The van der Waals surface area contributed by atoms with Gasteiger partial charge in [0.2, 0.25) is 0 Å². The van der Waals surface area contributed by atoms with Crippen molar-refractivity contribution >= 4 is 67.4 Å². The van der Waals surface area contributed by atoms with Gasteiger partial charge in [-0.25, -0.2) is 0 Å². The molecule has 0 spiro atoms. The van der Waals surface area contributed by atoms with Crippen molar-refractivity contribution in [3.8, 4) is 0 Å². The molecule has 0 N–H and O–H groups in total. The van der Waals surface area contributed by atoms with Gasteiger partial charge in [-0.15, -0.1) is 0 Å². The van der Waals surface area contributed by atoms with Crippen LogP contribution in [0.2, 0.25) is 0 Å². The summed E-state index contributed by atoms with van der Waals surface area (Å²) in [7, 11) is -0.359. The number of hydrogen-bond acceptors (Lipinski definition) is 0. The summed E-state index contributed by atoms with van der Waals surface area (Å²) >= 11 is -1.80. The van der Waals surface area contributed by atoms with E-state index in [4.69, 9.17) is 0 Å². The zero-order chi connectivity index (χ0) is 28.7. The van der Waals surface area contributed by atoms with E-state index in [9.17, 15) is 0 Å². The Labute approximate surface area is 256 Å². The second-order valence-corrected chi connectivity index (χ2v) is 22.6. The summed E-state index contributed by atoms with van der Waals surface area (Å²) in [6, 6.07) is 29.5. The van der Waals surface area contributed by atoms with Crippen LogP contribution in [-0.4, -0.2) is 51.6 Å². The van der Waals surface area contributed by atoms with E-state index in [1.807, 2.05) is 0 Å². The van der Waals surface area contributed by atoms with Gasteiger partial charge in [0.15, 0.2) is 0 Å². The van der Waals surface area contributed by atoms with Gasteiger partial charge in [-0.05, 0) is 0 Å². The van der Waals surface area contributed by atoms with Gasteiger partial charge < -0.3 is 0 Å². The Kier molecular flexibility index (Phi) is 16.1. The molecule has 4 heteroatoms. The van der Waals surface area contributed by atoms with Gasteiger partial charge in [-0.2, -0.15) is 0 Å². The number of rotatable bonds is 18. The predicted octanol–water partition coefficient (Wildman–Crippen LogP) is 7.98. The van der Waals surface area contributed by atoms with Crippen LogP contribution in [0.5, 0.6) is 0 Å². The zero-order valence-corrected chi connectivity index (χ0v) is 30.8. The molecule has 0 saturated carbocycles. The van der Waals surface area contributed by atoms with Crippen LogP contribution < -0.4 is 29.0 Å². The molecule has 0 aliphatic rings. The molecular formula is C36H54AsP3. The molecular weight excluding hydrogens is 600 g/mol. The van der Waals surface area contributed by atoms with Crippen LogP contribution in [0.1, 0.15) is 80.1 Å². The third-order valence-corrected chi connectivity index (χ3v) is 23.1. The van der Waals surface area contributed by atoms with Crippen molar-refractivity contribution in [1.29, 1.82) is 0 Å². The third-order valence-electron chi connectivity index (χ3n) is 7.35. The molecule has 40 heavy (non-hydrogen) atoms. The first kappa shape index (κ1) is 34.0. The average molecular weight is 655 g/mol. The van der Waals surface area contributed by atoms with Gasteiger partial charge in [0.1, 0.15) is 0 Å². The summed E-state index contributed by atoms with van der Waals surface area (Å²) in [5.74, 6) is 0. The summed E-state index contributed by atoms with van der Waals surface area (Å²) in [6.07, 6.45) is 15.9. The third kappa shape index (κ3) is 9.01. The van der Waals surface area contributed by atoms with Crippen molar-refractivity contribution < 1.29 is 0 Å². The van der Waals surface area contributed by atoms with Gasteiger partial charge in [-0.1, -0.05) is 0 Å². The molecule has 3 aromatic carbocycles. The monoisotopic (exact) mass is 654 g/mol. The van der Waals surface area contributed by atoms with Gasteiger partial charge in [-0.3, -0.25) is 0 Å². The van der Waals surface area contributed by atoms with E-state index in [1.54, 1.807) is 29.0 Å². The fraction of sp³-hybridized carbons (Fsp3) is 0.500. The van der Waals surface area contributed by atoms with Crippen molar-refractivity contribution in [2.45, 2.75) is 80.1 Å². The van der Waals surface area contributed by atoms with E-state index in [0.717, 1.165) is 0 Å². The minimum atomic E-state index is -1.80. The Morgan fingerprint density at radius 1 is 0.375 bits per heavy atom. The Morgan fingerprint density at radius 3 is 0.825 bits per heavy atom. The second kappa shape index (κ2) is 18.9. The van der Waals surface area contributed by atoms with E-state index < -0.39 is 14.7 Å². The van der Waals surface area contributed by atoms with Crippen LogP contribution in [0, 0.1) is 0 Å². The molecule has 0 amide bonds. The molecule has 0 unspecified atom stereocenters. The molecule has 0 aliphatic heterocycles. The van der Waals surface area contributed by atoms with E-state index in [2.05, 4.69) is 114 Å². The quantitative estimate of drug-likeness (QED) is 0.0964. The summed E-state index contributed by atoms with van der Waals surface area (Å²) < 4.78 is 5.23. The summed E-state index contributed by atoms with van der Waals surface area (Å²) in [5.41, 5.74) is 0. The Morgan fingerprint density at radius 2 is 0.600 bits per heavy atom. The zero-order valence-electron chi connectivity index (χ0n) is 26.2. The van der Waals surface area contributed by atoms with Crippen molar-refractivity contribution in [2.75, 3.05) is 37.0 Å². The number of benzene rings is 3.